The van der Waals surface area contributed by atoms with Crippen molar-refractivity contribution in [2.75, 3.05) is 0 Å². The fourth-order valence-electron chi connectivity index (χ4n) is 4.06. The van der Waals surface area contributed by atoms with Gasteiger partial charge in [0.1, 0.15) is 0 Å². The van der Waals surface area contributed by atoms with E-state index in [-0.39, 0.29) is 6.10 Å². The summed E-state index contributed by atoms with van der Waals surface area (Å²) < 4.78 is 20.6. The zero-order valence-electron chi connectivity index (χ0n) is 16.4. The molecule has 0 radical (unpaired) electrons. The third-order valence-corrected chi connectivity index (χ3v) is 8.24. The monoisotopic (exact) mass is 387 g/mol. The number of benzene rings is 1. The molecule has 5 heteroatoms. The Kier molecular flexibility index (Phi) is 6.52. The van der Waals surface area contributed by atoms with Gasteiger partial charge in [0.25, 0.3) is 7.37 Å². The van der Waals surface area contributed by atoms with Crippen LogP contribution in [0.4, 0.5) is 0 Å². The molecule has 146 valence electrons. The SMILES string of the molecule is CC(C)[C@H]1CC[C@@H](C)C[C@H]1O[P@@](=O)(c1ccccc1)[C@@H](O)c1ccncc1. The largest absolute Gasteiger partial charge is 0.378 e. The first-order chi connectivity index (χ1) is 12.9. The highest BCUT2D eigenvalue weighted by molar-refractivity contribution is 7.67. The maximum absolute atomic E-state index is 14.2. The number of aliphatic hydroxyl groups is 1. The molecular weight excluding hydrogens is 357 g/mol. The van der Waals surface area contributed by atoms with Gasteiger partial charge in [0, 0.05) is 17.7 Å². The first-order valence-corrected chi connectivity index (χ1v) is 11.5. The number of pyridine rings is 1. The summed E-state index contributed by atoms with van der Waals surface area (Å²) in [5, 5.41) is 11.7. The molecule has 1 heterocycles. The number of aromatic nitrogens is 1. The first-order valence-electron chi connectivity index (χ1n) is 9.83. The second-order valence-corrected chi connectivity index (χ2v) is 10.5. The Bertz CT molecular complexity index is 766. The first kappa shape index (κ1) is 20.3. The van der Waals surface area contributed by atoms with Gasteiger partial charge in [-0.1, -0.05) is 45.4 Å². The van der Waals surface area contributed by atoms with E-state index in [2.05, 4.69) is 25.8 Å². The molecule has 1 aliphatic rings. The molecule has 1 fully saturated rings. The topological polar surface area (TPSA) is 59.4 Å². The van der Waals surface area contributed by atoms with Crippen molar-refractivity contribution in [3.8, 4) is 0 Å². The molecule has 1 N–H and O–H groups in total. The number of hydrogen-bond donors (Lipinski definition) is 1. The summed E-state index contributed by atoms with van der Waals surface area (Å²) in [4.78, 5) is 4.00. The predicted octanol–water partition coefficient (Wildman–Crippen LogP) is 5.15. The molecule has 1 aromatic carbocycles. The van der Waals surface area contributed by atoms with Crippen LogP contribution in [0.25, 0.3) is 0 Å². The summed E-state index contributed by atoms with van der Waals surface area (Å²) in [7, 11) is -3.53. The van der Waals surface area contributed by atoms with Gasteiger partial charge < -0.3 is 9.63 Å². The van der Waals surface area contributed by atoms with Crippen molar-refractivity contribution in [3.05, 3.63) is 60.4 Å². The predicted molar refractivity (Wildman–Crippen MR) is 109 cm³/mol. The Hall–Kier alpha value is -1.48. The lowest BCUT2D eigenvalue weighted by Gasteiger charge is -2.39. The number of hydrogen-bond acceptors (Lipinski definition) is 4. The van der Waals surface area contributed by atoms with E-state index in [0.717, 1.165) is 12.8 Å². The van der Waals surface area contributed by atoms with E-state index < -0.39 is 13.2 Å². The van der Waals surface area contributed by atoms with Gasteiger partial charge in [0.05, 0.1) is 6.10 Å². The molecule has 27 heavy (non-hydrogen) atoms. The summed E-state index contributed by atoms with van der Waals surface area (Å²) in [5.41, 5.74) is 0.571. The van der Waals surface area contributed by atoms with Crippen LogP contribution >= 0.6 is 7.37 Å². The maximum Gasteiger partial charge on any atom is 0.264 e. The summed E-state index contributed by atoms with van der Waals surface area (Å²) in [5.74, 6) is 0.132. The van der Waals surface area contributed by atoms with Gasteiger partial charge in [-0.05, 0) is 60.4 Å². The van der Waals surface area contributed by atoms with Crippen molar-refractivity contribution in [1.82, 2.24) is 4.98 Å². The minimum atomic E-state index is -3.53. The Morgan fingerprint density at radius 3 is 2.41 bits per heavy atom. The summed E-state index contributed by atoms with van der Waals surface area (Å²) in [6.45, 7) is 6.62. The van der Waals surface area contributed by atoms with Gasteiger partial charge in [-0.25, -0.2) is 0 Å². The minimum Gasteiger partial charge on any atom is -0.378 e. The lowest BCUT2D eigenvalue weighted by molar-refractivity contribution is 0.0427. The van der Waals surface area contributed by atoms with Crippen LogP contribution in [0.3, 0.4) is 0 Å². The molecule has 4 nitrogen and oxygen atoms in total. The van der Waals surface area contributed by atoms with Gasteiger partial charge in [-0.3, -0.25) is 9.55 Å². The zero-order chi connectivity index (χ0) is 19.4. The van der Waals surface area contributed by atoms with Gasteiger partial charge >= 0.3 is 0 Å². The summed E-state index contributed by atoms with van der Waals surface area (Å²) in [6, 6.07) is 12.6. The highest BCUT2D eigenvalue weighted by Crippen LogP contribution is 2.60. The second kappa shape index (κ2) is 8.68. The van der Waals surface area contributed by atoms with Gasteiger partial charge in [-0.15, -0.1) is 0 Å². The average Bonchev–Trinajstić information content (AvgIpc) is 2.68. The van der Waals surface area contributed by atoms with Crippen molar-refractivity contribution in [2.24, 2.45) is 17.8 Å². The molecule has 0 aliphatic heterocycles. The van der Waals surface area contributed by atoms with E-state index >= 15 is 0 Å². The molecule has 2 aromatic rings. The van der Waals surface area contributed by atoms with Crippen molar-refractivity contribution in [1.29, 1.82) is 0 Å². The highest BCUT2D eigenvalue weighted by Gasteiger charge is 2.42. The molecule has 3 rings (SSSR count). The van der Waals surface area contributed by atoms with E-state index in [0.29, 0.717) is 28.6 Å². The standard InChI is InChI=1S/C22H30NO3P/c1-16(2)20-10-9-17(3)15-21(20)26-27(25,19-7-5-4-6-8-19)22(24)18-11-13-23-14-12-18/h4-8,11-14,16-17,20-22,24H,9-10,15H2,1-3H3/t17-,20-,21-,22-,27+/m1/s1. The molecule has 0 saturated heterocycles. The van der Waals surface area contributed by atoms with Crippen LogP contribution in [0.15, 0.2) is 54.9 Å². The molecule has 0 spiro atoms. The lowest BCUT2D eigenvalue weighted by Crippen LogP contribution is -2.35. The quantitative estimate of drug-likeness (QED) is 0.696. The number of nitrogens with zero attached hydrogens (tertiary/aromatic N) is 1. The number of rotatable bonds is 6. The Morgan fingerprint density at radius 1 is 1.11 bits per heavy atom. The van der Waals surface area contributed by atoms with Crippen LogP contribution < -0.4 is 5.30 Å². The average molecular weight is 387 g/mol. The van der Waals surface area contributed by atoms with E-state index in [9.17, 15) is 9.67 Å². The van der Waals surface area contributed by atoms with Crippen LogP contribution in [0, 0.1) is 17.8 Å². The smallest absolute Gasteiger partial charge is 0.264 e. The van der Waals surface area contributed by atoms with E-state index in [1.807, 2.05) is 18.2 Å². The molecule has 0 amide bonds. The van der Waals surface area contributed by atoms with E-state index in [1.54, 1.807) is 36.7 Å². The molecule has 0 bridgehead atoms. The van der Waals surface area contributed by atoms with Gasteiger partial charge in [-0.2, -0.15) is 0 Å². The molecule has 1 saturated carbocycles. The molecule has 0 unspecified atom stereocenters. The molecule has 1 aromatic heterocycles. The van der Waals surface area contributed by atoms with Crippen LogP contribution in [-0.2, 0) is 9.09 Å². The Morgan fingerprint density at radius 2 is 1.78 bits per heavy atom. The van der Waals surface area contributed by atoms with Gasteiger partial charge in [0.2, 0.25) is 0 Å². The second-order valence-electron chi connectivity index (χ2n) is 8.06. The Balaban J connectivity index is 1.98. The Labute approximate surface area is 162 Å². The van der Waals surface area contributed by atoms with Crippen LogP contribution in [0.5, 0.6) is 0 Å². The molecular formula is C22H30NO3P. The normalized spacial score (nSPS) is 26.5. The van der Waals surface area contributed by atoms with Crippen molar-refractivity contribution in [2.45, 2.75) is 52.0 Å². The fraction of sp³-hybridized carbons (Fsp3) is 0.500. The van der Waals surface area contributed by atoms with Gasteiger partial charge in [0.15, 0.2) is 5.85 Å². The zero-order valence-corrected chi connectivity index (χ0v) is 17.3. The van der Waals surface area contributed by atoms with Crippen LogP contribution in [-0.4, -0.2) is 16.2 Å². The van der Waals surface area contributed by atoms with Crippen LogP contribution in [0.2, 0.25) is 0 Å². The van der Waals surface area contributed by atoms with E-state index in [1.165, 1.54) is 6.42 Å². The van der Waals surface area contributed by atoms with Crippen molar-refractivity contribution in [3.63, 3.8) is 0 Å². The van der Waals surface area contributed by atoms with E-state index in [4.69, 9.17) is 4.52 Å². The molecule has 1 aliphatic carbocycles. The number of aliphatic hydroxyl groups excluding tert-OH is 1. The highest BCUT2D eigenvalue weighted by atomic mass is 31.2. The third-order valence-electron chi connectivity index (χ3n) is 5.70. The molecule has 5 atom stereocenters. The summed E-state index contributed by atoms with van der Waals surface area (Å²) >= 11 is 0. The van der Waals surface area contributed by atoms with Crippen molar-refractivity contribution < 1.29 is 14.2 Å². The fourth-order valence-corrected chi connectivity index (χ4v) is 6.38. The third kappa shape index (κ3) is 4.51. The maximum atomic E-state index is 14.2. The summed E-state index contributed by atoms with van der Waals surface area (Å²) in [6.07, 6.45) is 6.22. The lowest BCUT2D eigenvalue weighted by atomic mass is 9.75. The van der Waals surface area contributed by atoms with Crippen LogP contribution in [0.1, 0.15) is 51.4 Å². The van der Waals surface area contributed by atoms with Crippen molar-refractivity contribution >= 4 is 12.7 Å². The minimum absolute atomic E-state index is 0.115.